The molecule has 1 N–H and O–H groups in total. The molecular formula is C12H13N5O2S. The van der Waals surface area contributed by atoms with Crippen molar-refractivity contribution in [2.45, 2.75) is 11.3 Å². The average molecular weight is 291 g/mol. The highest BCUT2D eigenvalue weighted by Crippen LogP contribution is 2.21. The fourth-order valence-electron chi connectivity index (χ4n) is 1.81. The van der Waals surface area contributed by atoms with Crippen molar-refractivity contribution in [3.8, 4) is 0 Å². The molecule has 0 aliphatic carbocycles. The molecule has 1 aromatic carbocycles. The summed E-state index contributed by atoms with van der Waals surface area (Å²) in [5, 5.41) is 4.75. The van der Waals surface area contributed by atoms with Crippen molar-refractivity contribution in [1.29, 1.82) is 0 Å². The van der Waals surface area contributed by atoms with Gasteiger partial charge in [-0.25, -0.2) is 13.1 Å². The lowest BCUT2D eigenvalue weighted by Gasteiger charge is -2.08. The monoisotopic (exact) mass is 291 g/mol. The van der Waals surface area contributed by atoms with Gasteiger partial charge in [-0.2, -0.15) is 0 Å². The molecule has 0 amide bonds. The zero-order valence-electron chi connectivity index (χ0n) is 10.6. The first kappa shape index (κ1) is 14.3. The molecule has 0 saturated carbocycles. The molecule has 20 heavy (non-hydrogen) atoms. The van der Waals surface area contributed by atoms with Gasteiger partial charge >= 0.3 is 0 Å². The fraction of sp³-hybridized carbons (Fsp3) is 0.250. The zero-order chi connectivity index (χ0) is 14.4. The van der Waals surface area contributed by atoms with E-state index < -0.39 is 10.0 Å². The van der Waals surface area contributed by atoms with Gasteiger partial charge in [-0.1, -0.05) is 17.2 Å². The number of sulfonamides is 1. The van der Waals surface area contributed by atoms with Crippen LogP contribution < -0.4 is 4.72 Å². The van der Waals surface area contributed by atoms with Gasteiger partial charge in [-0.3, -0.25) is 4.98 Å². The van der Waals surface area contributed by atoms with Crippen molar-refractivity contribution < 1.29 is 8.42 Å². The topological polar surface area (TPSA) is 108 Å². The molecule has 0 aliphatic rings. The minimum absolute atomic E-state index is 0.223. The number of fused-ring (bicyclic) bond motifs is 1. The third-order valence-electron chi connectivity index (χ3n) is 2.72. The van der Waals surface area contributed by atoms with E-state index in [9.17, 15) is 8.42 Å². The second kappa shape index (κ2) is 6.33. The molecule has 0 saturated heterocycles. The Labute approximate surface area is 116 Å². The van der Waals surface area contributed by atoms with Crippen LogP contribution in [0.25, 0.3) is 21.2 Å². The maximum atomic E-state index is 12.2. The molecule has 0 bridgehead atoms. The highest BCUT2D eigenvalue weighted by atomic mass is 32.2. The molecule has 0 aliphatic heterocycles. The summed E-state index contributed by atoms with van der Waals surface area (Å²) in [7, 11) is -3.59. The standard InChI is InChI=1S/C12H13N5O2S/c13-17-15-6-2-7-16-20(18,19)12-4-1-3-10-9-14-8-5-11(10)12/h1,3-5,8-9,16H,2,6-7H2. The number of benzene rings is 1. The molecule has 1 aromatic heterocycles. The van der Waals surface area contributed by atoms with Crippen molar-refractivity contribution in [3.63, 3.8) is 0 Å². The molecule has 0 unspecified atom stereocenters. The van der Waals surface area contributed by atoms with Crippen molar-refractivity contribution >= 4 is 20.8 Å². The predicted octanol–water partition coefficient (Wildman–Crippen LogP) is 2.21. The van der Waals surface area contributed by atoms with Crippen molar-refractivity contribution in [2.24, 2.45) is 5.11 Å². The smallest absolute Gasteiger partial charge is 0.241 e. The Morgan fingerprint density at radius 2 is 2.20 bits per heavy atom. The summed E-state index contributed by atoms with van der Waals surface area (Å²) in [6.45, 7) is 0.487. The van der Waals surface area contributed by atoms with Crippen LogP contribution in [0.15, 0.2) is 46.7 Å². The first-order valence-electron chi connectivity index (χ1n) is 5.98. The van der Waals surface area contributed by atoms with Crippen molar-refractivity contribution in [2.75, 3.05) is 13.1 Å². The highest BCUT2D eigenvalue weighted by molar-refractivity contribution is 7.89. The Morgan fingerprint density at radius 3 is 3.00 bits per heavy atom. The third kappa shape index (κ3) is 3.24. The SMILES string of the molecule is [N-]=[N+]=NCCCNS(=O)(=O)c1cccc2cnccc12. The number of nitrogens with zero attached hydrogens (tertiary/aromatic N) is 4. The van der Waals surface area contributed by atoms with E-state index in [4.69, 9.17) is 5.53 Å². The molecule has 0 spiro atoms. The van der Waals surface area contributed by atoms with Crippen LogP contribution in [0.1, 0.15) is 6.42 Å². The molecule has 2 rings (SSSR count). The van der Waals surface area contributed by atoms with Gasteiger partial charge in [0, 0.05) is 41.2 Å². The van der Waals surface area contributed by atoms with E-state index >= 15 is 0 Å². The van der Waals surface area contributed by atoms with Crippen LogP contribution in [-0.2, 0) is 10.0 Å². The highest BCUT2D eigenvalue weighted by Gasteiger charge is 2.16. The minimum atomic E-state index is -3.59. The normalized spacial score (nSPS) is 11.2. The maximum Gasteiger partial charge on any atom is 0.241 e. The summed E-state index contributed by atoms with van der Waals surface area (Å²) >= 11 is 0. The molecule has 1 heterocycles. The molecular weight excluding hydrogens is 278 g/mol. The van der Waals surface area contributed by atoms with Gasteiger partial charge in [0.15, 0.2) is 0 Å². The lowest BCUT2D eigenvalue weighted by atomic mass is 10.2. The summed E-state index contributed by atoms with van der Waals surface area (Å²) in [6, 6.07) is 6.71. The second-order valence-electron chi connectivity index (χ2n) is 4.06. The lowest BCUT2D eigenvalue weighted by Crippen LogP contribution is -2.25. The van der Waals surface area contributed by atoms with Crippen LogP contribution in [-0.4, -0.2) is 26.5 Å². The third-order valence-corrected chi connectivity index (χ3v) is 4.24. The van der Waals surface area contributed by atoms with Crippen LogP contribution in [0.3, 0.4) is 0 Å². The van der Waals surface area contributed by atoms with Gasteiger partial charge in [0.1, 0.15) is 0 Å². The average Bonchev–Trinajstić information content (AvgIpc) is 2.46. The van der Waals surface area contributed by atoms with E-state index in [1.165, 1.54) is 0 Å². The molecule has 2 aromatic rings. The fourth-order valence-corrected chi connectivity index (χ4v) is 3.11. The van der Waals surface area contributed by atoms with E-state index in [0.29, 0.717) is 11.8 Å². The lowest BCUT2D eigenvalue weighted by molar-refractivity contribution is 0.580. The first-order chi connectivity index (χ1) is 9.65. The number of nitrogens with one attached hydrogen (secondary N) is 1. The molecule has 7 nitrogen and oxygen atoms in total. The van der Waals surface area contributed by atoms with Crippen LogP contribution in [0.2, 0.25) is 0 Å². The predicted molar refractivity (Wildman–Crippen MR) is 75.6 cm³/mol. The Balaban J connectivity index is 2.21. The Kier molecular flexibility index (Phi) is 4.52. The van der Waals surface area contributed by atoms with E-state index in [2.05, 4.69) is 19.7 Å². The van der Waals surface area contributed by atoms with Crippen LogP contribution in [0.4, 0.5) is 0 Å². The number of aromatic nitrogens is 1. The van der Waals surface area contributed by atoms with Gasteiger partial charge in [-0.05, 0) is 24.1 Å². The number of hydrogen-bond acceptors (Lipinski definition) is 4. The largest absolute Gasteiger partial charge is 0.264 e. The molecule has 0 atom stereocenters. The summed E-state index contributed by atoms with van der Waals surface area (Å²) in [6.07, 6.45) is 3.63. The second-order valence-corrected chi connectivity index (χ2v) is 5.79. The number of hydrogen-bond donors (Lipinski definition) is 1. The number of azide groups is 1. The van der Waals surface area contributed by atoms with Crippen molar-refractivity contribution in [3.05, 3.63) is 47.1 Å². The molecule has 8 heteroatoms. The Hall–Kier alpha value is -2.15. The van der Waals surface area contributed by atoms with Crippen LogP contribution in [0, 0.1) is 0 Å². The first-order valence-corrected chi connectivity index (χ1v) is 7.47. The quantitative estimate of drug-likeness (QED) is 0.381. The molecule has 0 fully saturated rings. The Morgan fingerprint density at radius 1 is 1.35 bits per heavy atom. The minimum Gasteiger partial charge on any atom is -0.264 e. The Bertz CT molecular complexity index is 748. The van der Waals surface area contributed by atoms with E-state index in [-0.39, 0.29) is 18.0 Å². The summed E-state index contributed by atoms with van der Waals surface area (Å²) in [5.74, 6) is 0. The summed E-state index contributed by atoms with van der Waals surface area (Å²) in [5.41, 5.74) is 8.14. The summed E-state index contributed by atoms with van der Waals surface area (Å²) in [4.78, 5) is 6.80. The van der Waals surface area contributed by atoms with Gasteiger partial charge in [0.2, 0.25) is 10.0 Å². The van der Waals surface area contributed by atoms with E-state index in [0.717, 1.165) is 5.39 Å². The number of rotatable bonds is 6. The van der Waals surface area contributed by atoms with E-state index in [1.54, 1.807) is 30.6 Å². The van der Waals surface area contributed by atoms with Gasteiger partial charge in [-0.15, -0.1) is 0 Å². The summed E-state index contributed by atoms with van der Waals surface area (Å²) < 4.78 is 27.0. The van der Waals surface area contributed by atoms with Crippen LogP contribution >= 0.6 is 0 Å². The van der Waals surface area contributed by atoms with E-state index in [1.807, 2.05) is 6.07 Å². The maximum absolute atomic E-state index is 12.2. The molecule has 104 valence electrons. The van der Waals surface area contributed by atoms with Gasteiger partial charge in [0.25, 0.3) is 0 Å². The van der Waals surface area contributed by atoms with Crippen LogP contribution in [0.5, 0.6) is 0 Å². The zero-order valence-corrected chi connectivity index (χ0v) is 11.4. The molecule has 0 radical (unpaired) electrons. The van der Waals surface area contributed by atoms with Gasteiger partial charge in [0.05, 0.1) is 4.90 Å². The number of pyridine rings is 1. The van der Waals surface area contributed by atoms with Crippen molar-refractivity contribution in [1.82, 2.24) is 9.71 Å². The van der Waals surface area contributed by atoms with Gasteiger partial charge < -0.3 is 0 Å².